The van der Waals surface area contributed by atoms with Crippen molar-refractivity contribution in [2.45, 2.75) is 0 Å². The fourth-order valence-corrected chi connectivity index (χ4v) is 2.41. The number of halogens is 3. The lowest BCUT2D eigenvalue weighted by Gasteiger charge is -2.00. The predicted molar refractivity (Wildman–Crippen MR) is 74.0 cm³/mol. The van der Waals surface area contributed by atoms with E-state index in [1.165, 1.54) is 6.07 Å². The van der Waals surface area contributed by atoms with Crippen LogP contribution in [0.2, 0.25) is 5.02 Å². The number of hydrogen-bond acceptors (Lipinski definition) is 1. The molecule has 1 aromatic heterocycles. The Morgan fingerprint density at radius 1 is 1.15 bits per heavy atom. The van der Waals surface area contributed by atoms with Crippen molar-refractivity contribution in [3.05, 3.63) is 58.6 Å². The van der Waals surface area contributed by atoms with Gasteiger partial charge in [-0.15, -0.1) is 0 Å². The number of aldehydes is 1. The lowest BCUT2D eigenvalue weighted by atomic mass is 10.1. The number of rotatable bonds is 2. The smallest absolute Gasteiger partial charge is 0.182 e. The van der Waals surface area contributed by atoms with Crippen LogP contribution in [0.25, 0.3) is 22.2 Å². The van der Waals surface area contributed by atoms with Crippen molar-refractivity contribution in [1.29, 1.82) is 0 Å². The number of carbonyl (C=O) groups is 1. The number of benzene rings is 2. The van der Waals surface area contributed by atoms with Gasteiger partial charge >= 0.3 is 0 Å². The third-order valence-electron chi connectivity index (χ3n) is 3.14. The summed E-state index contributed by atoms with van der Waals surface area (Å²) < 4.78 is 27.0. The molecule has 0 unspecified atom stereocenters. The van der Waals surface area contributed by atoms with Gasteiger partial charge in [0.1, 0.15) is 0 Å². The van der Waals surface area contributed by atoms with Gasteiger partial charge in [0.2, 0.25) is 0 Å². The van der Waals surface area contributed by atoms with E-state index in [4.69, 9.17) is 11.6 Å². The maximum atomic E-state index is 13.8. The van der Waals surface area contributed by atoms with E-state index in [9.17, 15) is 13.6 Å². The Bertz CT molecular complexity index is 826. The summed E-state index contributed by atoms with van der Waals surface area (Å²) >= 11 is 5.91. The minimum atomic E-state index is -1.00. The first kappa shape index (κ1) is 12.8. The summed E-state index contributed by atoms with van der Waals surface area (Å²) in [4.78, 5) is 14.1. The second-order valence-electron chi connectivity index (χ2n) is 4.33. The summed E-state index contributed by atoms with van der Waals surface area (Å²) in [5.74, 6) is -1.97. The molecule has 1 heterocycles. The highest BCUT2D eigenvalue weighted by Gasteiger charge is 2.17. The molecule has 0 atom stereocenters. The highest BCUT2D eigenvalue weighted by molar-refractivity contribution is 6.30. The summed E-state index contributed by atoms with van der Waals surface area (Å²) in [5.41, 5.74) is 1.31. The Kier molecular flexibility index (Phi) is 3.03. The first-order valence-corrected chi connectivity index (χ1v) is 6.20. The molecule has 5 heteroatoms. The van der Waals surface area contributed by atoms with E-state index < -0.39 is 11.6 Å². The number of carbonyl (C=O) groups excluding carboxylic acids is 1. The van der Waals surface area contributed by atoms with Crippen LogP contribution >= 0.6 is 11.6 Å². The SMILES string of the molecule is O=Cc1c(-c2cccc(Cl)c2)[nH]c2c(F)c(F)ccc12. The number of aromatic amines is 1. The van der Waals surface area contributed by atoms with Crippen molar-refractivity contribution >= 4 is 28.8 Å². The van der Waals surface area contributed by atoms with Gasteiger partial charge in [0.15, 0.2) is 17.9 Å². The summed E-state index contributed by atoms with van der Waals surface area (Å²) in [5, 5.41) is 0.832. The molecule has 0 saturated heterocycles. The van der Waals surface area contributed by atoms with Crippen molar-refractivity contribution < 1.29 is 13.6 Å². The van der Waals surface area contributed by atoms with E-state index in [0.29, 0.717) is 28.0 Å². The van der Waals surface area contributed by atoms with Crippen LogP contribution in [0.15, 0.2) is 36.4 Å². The Labute approximate surface area is 118 Å². The molecular weight excluding hydrogens is 284 g/mol. The van der Waals surface area contributed by atoms with E-state index in [0.717, 1.165) is 6.07 Å². The fraction of sp³-hybridized carbons (Fsp3) is 0. The standard InChI is InChI=1S/C15H8ClF2NO/c16-9-3-1-2-8(6-9)14-11(7-20)10-4-5-12(17)13(18)15(10)19-14/h1-7,19H. The van der Waals surface area contributed by atoms with Crippen LogP contribution in [0.3, 0.4) is 0 Å². The summed E-state index contributed by atoms with van der Waals surface area (Å²) in [6.07, 6.45) is 0.617. The van der Waals surface area contributed by atoms with E-state index in [2.05, 4.69) is 4.98 Å². The Morgan fingerprint density at radius 2 is 1.95 bits per heavy atom. The van der Waals surface area contributed by atoms with E-state index in [1.54, 1.807) is 24.3 Å². The number of nitrogens with one attached hydrogen (secondary N) is 1. The molecule has 0 aliphatic heterocycles. The van der Waals surface area contributed by atoms with Crippen LogP contribution < -0.4 is 0 Å². The van der Waals surface area contributed by atoms with E-state index in [-0.39, 0.29) is 11.1 Å². The third-order valence-corrected chi connectivity index (χ3v) is 3.37. The molecule has 2 aromatic carbocycles. The van der Waals surface area contributed by atoms with Crippen molar-refractivity contribution in [3.63, 3.8) is 0 Å². The Balaban J connectivity index is 2.36. The Morgan fingerprint density at radius 3 is 2.65 bits per heavy atom. The normalized spacial score (nSPS) is 10.9. The van der Waals surface area contributed by atoms with Crippen LogP contribution in [0, 0.1) is 11.6 Å². The van der Waals surface area contributed by atoms with Gasteiger partial charge in [0.25, 0.3) is 0 Å². The van der Waals surface area contributed by atoms with Crippen molar-refractivity contribution in [3.8, 4) is 11.3 Å². The van der Waals surface area contributed by atoms with Gasteiger partial charge in [-0.05, 0) is 24.3 Å². The van der Waals surface area contributed by atoms with Gasteiger partial charge in [0, 0.05) is 21.5 Å². The van der Waals surface area contributed by atoms with E-state index >= 15 is 0 Å². The summed E-state index contributed by atoms with van der Waals surface area (Å²) in [7, 11) is 0. The molecule has 0 aliphatic rings. The monoisotopic (exact) mass is 291 g/mol. The van der Waals surface area contributed by atoms with Gasteiger partial charge in [-0.2, -0.15) is 0 Å². The molecule has 0 radical (unpaired) electrons. The van der Waals surface area contributed by atoms with E-state index in [1.807, 2.05) is 0 Å². The summed E-state index contributed by atoms with van der Waals surface area (Å²) in [6, 6.07) is 9.16. The second-order valence-corrected chi connectivity index (χ2v) is 4.76. The van der Waals surface area contributed by atoms with Gasteiger partial charge < -0.3 is 4.98 Å². The molecular formula is C15H8ClF2NO. The van der Waals surface area contributed by atoms with Gasteiger partial charge in [-0.25, -0.2) is 8.78 Å². The first-order valence-electron chi connectivity index (χ1n) is 5.82. The molecule has 0 fully saturated rings. The number of aromatic nitrogens is 1. The largest absolute Gasteiger partial charge is 0.351 e. The van der Waals surface area contributed by atoms with Crippen molar-refractivity contribution in [2.75, 3.05) is 0 Å². The zero-order chi connectivity index (χ0) is 14.3. The lowest BCUT2D eigenvalue weighted by Crippen LogP contribution is -1.85. The van der Waals surface area contributed by atoms with Crippen LogP contribution in [0.5, 0.6) is 0 Å². The van der Waals surface area contributed by atoms with Crippen LogP contribution in [-0.2, 0) is 0 Å². The topological polar surface area (TPSA) is 32.9 Å². The molecule has 3 rings (SSSR count). The number of H-pyrrole nitrogens is 1. The maximum absolute atomic E-state index is 13.8. The van der Waals surface area contributed by atoms with Gasteiger partial charge in [0.05, 0.1) is 11.2 Å². The van der Waals surface area contributed by atoms with Crippen LogP contribution in [-0.4, -0.2) is 11.3 Å². The molecule has 100 valence electrons. The number of hydrogen-bond donors (Lipinski definition) is 1. The minimum Gasteiger partial charge on any atom is -0.351 e. The quantitative estimate of drug-likeness (QED) is 0.689. The number of fused-ring (bicyclic) bond motifs is 1. The molecule has 3 aromatic rings. The highest BCUT2D eigenvalue weighted by Crippen LogP contribution is 2.32. The molecule has 0 aliphatic carbocycles. The molecule has 2 nitrogen and oxygen atoms in total. The second kappa shape index (κ2) is 4.72. The predicted octanol–water partition coefficient (Wildman–Crippen LogP) is 4.58. The highest BCUT2D eigenvalue weighted by atomic mass is 35.5. The molecule has 20 heavy (non-hydrogen) atoms. The molecule has 1 N–H and O–H groups in total. The average Bonchev–Trinajstić information content (AvgIpc) is 2.82. The summed E-state index contributed by atoms with van der Waals surface area (Å²) in [6.45, 7) is 0. The molecule has 0 amide bonds. The van der Waals surface area contributed by atoms with Gasteiger partial charge in [-0.1, -0.05) is 23.7 Å². The fourth-order valence-electron chi connectivity index (χ4n) is 2.22. The van der Waals surface area contributed by atoms with Crippen LogP contribution in [0.4, 0.5) is 8.78 Å². The van der Waals surface area contributed by atoms with Crippen molar-refractivity contribution in [2.24, 2.45) is 0 Å². The zero-order valence-corrected chi connectivity index (χ0v) is 10.8. The molecule has 0 spiro atoms. The Hall–Kier alpha value is -2.20. The average molecular weight is 292 g/mol. The maximum Gasteiger partial charge on any atom is 0.182 e. The van der Waals surface area contributed by atoms with Gasteiger partial charge in [-0.3, -0.25) is 4.79 Å². The zero-order valence-electron chi connectivity index (χ0n) is 10.1. The molecule has 0 bridgehead atoms. The lowest BCUT2D eigenvalue weighted by molar-refractivity contribution is 0.112. The molecule has 0 saturated carbocycles. The minimum absolute atomic E-state index is 0.0259. The third kappa shape index (κ3) is 1.89. The van der Waals surface area contributed by atoms with Crippen molar-refractivity contribution in [1.82, 2.24) is 4.98 Å². The van der Waals surface area contributed by atoms with Crippen LogP contribution in [0.1, 0.15) is 10.4 Å². The first-order chi connectivity index (χ1) is 9.61.